The summed E-state index contributed by atoms with van der Waals surface area (Å²) < 4.78 is 120. The zero-order chi connectivity index (χ0) is 39.8. The first-order chi connectivity index (χ1) is 24.8. The summed E-state index contributed by atoms with van der Waals surface area (Å²) >= 11 is 0. The van der Waals surface area contributed by atoms with Crippen molar-refractivity contribution in [2.45, 2.75) is 114 Å². The van der Waals surface area contributed by atoms with E-state index < -0.39 is 88.8 Å². The lowest BCUT2D eigenvalue weighted by molar-refractivity contribution is -0.280. The molecule has 8 atom stereocenters. The van der Waals surface area contributed by atoms with Crippen LogP contribution >= 0.6 is 0 Å². The lowest BCUT2D eigenvalue weighted by Gasteiger charge is -2.37. The van der Waals surface area contributed by atoms with Crippen LogP contribution in [-0.4, -0.2) is 75.5 Å². The van der Waals surface area contributed by atoms with Crippen LogP contribution in [0.3, 0.4) is 0 Å². The molecule has 0 aliphatic carbocycles. The number of hydrogen-bond donors (Lipinski definition) is 0. The van der Waals surface area contributed by atoms with E-state index in [0.717, 1.165) is 45.6 Å². The molecule has 1 aliphatic heterocycles. The monoisotopic (exact) mass is 762 g/mol. The number of ether oxygens (including phenoxy) is 6. The molecule has 0 unspecified atom stereocenters. The molecule has 1 saturated heterocycles. The molecule has 0 amide bonds. The van der Waals surface area contributed by atoms with Crippen molar-refractivity contribution in [3.05, 3.63) is 71.8 Å². The number of methoxy groups -OCH3 is 3. The van der Waals surface area contributed by atoms with Gasteiger partial charge in [-0.15, -0.1) is 0 Å². The molecule has 3 rings (SSSR count). The van der Waals surface area contributed by atoms with E-state index in [1.165, 1.54) is 36.4 Å². The summed E-state index contributed by atoms with van der Waals surface area (Å²) in [7, 11) is 2.59. The van der Waals surface area contributed by atoms with Crippen molar-refractivity contribution in [3.63, 3.8) is 0 Å². The summed E-state index contributed by atoms with van der Waals surface area (Å²) in [6.07, 6.45) is -13.4. The number of alkyl halides is 6. The van der Waals surface area contributed by atoms with Crippen LogP contribution < -0.4 is 0 Å². The van der Waals surface area contributed by atoms with Crippen LogP contribution in [0.5, 0.6) is 0 Å². The molecule has 0 spiro atoms. The van der Waals surface area contributed by atoms with Gasteiger partial charge in [0.25, 0.3) is 11.2 Å². The summed E-state index contributed by atoms with van der Waals surface area (Å²) in [5.74, 6) is -5.40. The number of rotatable bonds is 17. The van der Waals surface area contributed by atoms with E-state index in [1.807, 2.05) is 6.92 Å². The summed E-state index contributed by atoms with van der Waals surface area (Å²) in [5.41, 5.74) is -9.03. The molecule has 0 N–H and O–H groups in total. The molecular weight excluding hydrogens is 714 g/mol. The van der Waals surface area contributed by atoms with E-state index in [-0.39, 0.29) is 25.2 Å². The molecule has 1 aliphatic rings. The van der Waals surface area contributed by atoms with Gasteiger partial charge in [-0.1, -0.05) is 87.9 Å². The molecule has 53 heavy (non-hydrogen) atoms. The highest BCUT2D eigenvalue weighted by atomic mass is 19.4. The van der Waals surface area contributed by atoms with Gasteiger partial charge < -0.3 is 28.4 Å². The fourth-order valence-electron chi connectivity index (χ4n) is 7.27. The van der Waals surface area contributed by atoms with Gasteiger partial charge in [0, 0.05) is 25.3 Å². The van der Waals surface area contributed by atoms with E-state index in [1.54, 1.807) is 20.8 Å². The lowest BCUT2D eigenvalue weighted by Crippen LogP contribution is -2.53. The molecule has 0 aromatic heterocycles. The molecule has 2 aromatic carbocycles. The minimum absolute atomic E-state index is 0.0434. The van der Waals surface area contributed by atoms with Crippen LogP contribution in [0.15, 0.2) is 60.7 Å². The molecule has 1 fully saturated rings. The second-order valence-electron chi connectivity index (χ2n) is 13.4. The van der Waals surface area contributed by atoms with Crippen LogP contribution in [0.2, 0.25) is 0 Å². The minimum Gasteiger partial charge on any atom is -0.469 e. The highest BCUT2D eigenvalue weighted by Gasteiger charge is 2.66. The Balaban J connectivity index is 1.95. The zero-order valence-electron chi connectivity index (χ0n) is 30.8. The number of carbonyl (C=O) groups is 3. The van der Waals surface area contributed by atoms with E-state index in [4.69, 9.17) is 28.4 Å². The van der Waals surface area contributed by atoms with E-state index in [0.29, 0.717) is 12.8 Å². The Morgan fingerprint density at radius 1 is 0.774 bits per heavy atom. The quantitative estimate of drug-likeness (QED) is 0.0901. The average molecular weight is 763 g/mol. The van der Waals surface area contributed by atoms with Crippen molar-refractivity contribution in [3.8, 4) is 0 Å². The van der Waals surface area contributed by atoms with Crippen LogP contribution in [0.1, 0.15) is 77.3 Å². The van der Waals surface area contributed by atoms with Crippen molar-refractivity contribution in [2.24, 2.45) is 11.8 Å². The summed E-state index contributed by atoms with van der Waals surface area (Å²) in [4.78, 5) is 39.7. The molecule has 0 radical (unpaired) electrons. The topological polar surface area (TPSA) is 107 Å². The van der Waals surface area contributed by atoms with Crippen molar-refractivity contribution in [1.82, 2.24) is 0 Å². The first-order valence-electron chi connectivity index (χ1n) is 17.4. The van der Waals surface area contributed by atoms with Gasteiger partial charge in [0.15, 0.2) is 0 Å². The number of halogens is 6. The molecule has 9 nitrogen and oxygen atoms in total. The molecular formula is C38H48F6O9. The third-order valence-corrected chi connectivity index (χ3v) is 10.1. The molecule has 0 bridgehead atoms. The first-order valence-corrected chi connectivity index (χ1v) is 17.4. The fraction of sp³-hybridized carbons (Fsp3) is 0.605. The Hall–Kier alpha value is -3.69. The Bertz CT molecular complexity index is 1500. The third-order valence-electron chi connectivity index (χ3n) is 10.1. The standard InChI is InChI=1S/C38H48F6O9/c1-8-24(29(21-30(45)48-5)52-33(47)36(50-7,38(42,43)44)27-19-15-12-16-20-27)22-34(4)23-25(9-2)31(53-34)28(10-3)51-32(46)35(49-6,37(39,40)41)26-17-13-11-14-18-26/h11-20,24-25,28-29,31H,8-10,21-23H2,1-7H3/t24-,25-,28+,29-,31-,34-,35+,36+/m1/s1. The molecule has 0 saturated carbocycles. The zero-order valence-corrected chi connectivity index (χ0v) is 30.8. The highest BCUT2D eigenvalue weighted by molar-refractivity contribution is 5.84. The van der Waals surface area contributed by atoms with Gasteiger partial charge in [0.2, 0.25) is 0 Å². The molecule has 2 aromatic rings. The lowest BCUT2D eigenvalue weighted by atomic mass is 9.80. The van der Waals surface area contributed by atoms with Gasteiger partial charge >= 0.3 is 30.3 Å². The van der Waals surface area contributed by atoms with Crippen LogP contribution in [0.25, 0.3) is 0 Å². The third kappa shape index (κ3) is 9.00. The Kier molecular flexibility index (Phi) is 14.5. The Morgan fingerprint density at radius 3 is 1.62 bits per heavy atom. The van der Waals surface area contributed by atoms with Gasteiger partial charge in [0.1, 0.15) is 12.2 Å². The maximum Gasteiger partial charge on any atom is 0.432 e. The Labute approximate surface area is 305 Å². The van der Waals surface area contributed by atoms with Crippen molar-refractivity contribution in [1.29, 1.82) is 0 Å². The van der Waals surface area contributed by atoms with Gasteiger partial charge in [-0.05, 0) is 44.4 Å². The normalized spacial score (nSPS) is 23.2. The largest absolute Gasteiger partial charge is 0.469 e. The fourth-order valence-corrected chi connectivity index (χ4v) is 7.27. The molecule has 1 heterocycles. The second-order valence-corrected chi connectivity index (χ2v) is 13.4. The number of hydrogen-bond acceptors (Lipinski definition) is 9. The highest BCUT2D eigenvalue weighted by Crippen LogP contribution is 2.48. The predicted octanol–water partition coefficient (Wildman–Crippen LogP) is 7.98. The Morgan fingerprint density at radius 2 is 1.25 bits per heavy atom. The molecule has 296 valence electrons. The summed E-state index contributed by atoms with van der Waals surface area (Å²) in [6, 6.07) is 12.6. The van der Waals surface area contributed by atoms with Gasteiger partial charge in [0.05, 0.1) is 25.2 Å². The first kappa shape index (κ1) is 43.7. The van der Waals surface area contributed by atoms with Crippen molar-refractivity contribution in [2.75, 3.05) is 21.3 Å². The maximum absolute atomic E-state index is 14.7. The number of benzene rings is 2. The molecule has 15 heteroatoms. The smallest absolute Gasteiger partial charge is 0.432 e. The summed E-state index contributed by atoms with van der Waals surface area (Å²) in [6.45, 7) is 6.87. The van der Waals surface area contributed by atoms with Crippen LogP contribution in [0, 0.1) is 11.8 Å². The van der Waals surface area contributed by atoms with Gasteiger partial charge in [-0.2, -0.15) is 26.3 Å². The van der Waals surface area contributed by atoms with Crippen molar-refractivity contribution >= 4 is 17.9 Å². The van der Waals surface area contributed by atoms with Crippen LogP contribution in [-0.2, 0) is 54.0 Å². The SMILES string of the molecule is CC[C@@H]1C[C@@](C)(C[C@@H](CC)[C@@H](CC(=O)OC)OC(=O)[C@@](OC)(c2ccccc2)C(F)(F)F)O[C@H]1[C@H](CC)OC(=O)[C@@](OC)(c1ccccc1)C(F)(F)F. The minimum atomic E-state index is -5.26. The average Bonchev–Trinajstić information content (AvgIpc) is 3.46. The predicted molar refractivity (Wildman–Crippen MR) is 179 cm³/mol. The number of esters is 3. The van der Waals surface area contributed by atoms with Gasteiger partial charge in [-0.3, -0.25) is 4.79 Å². The van der Waals surface area contributed by atoms with Crippen molar-refractivity contribution < 1.29 is 69.1 Å². The maximum atomic E-state index is 14.7. The number of carbonyl (C=O) groups excluding carboxylic acids is 3. The van der Waals surface area contributed by atoms with Crippen LogP contribution in [0.4, 0.5) is 26.3 Å². The summed E-state index contributed by atoms with van der Waals surface area (Å²) in [5, 5.41) is 0. The van der Waals surface area contributed by atoms with Gasteiger partial charge in [-0.25, -0.2) is 9.59 Å². The van der Waals surface area contributed by atoms with E-state index >= 15 is 0 Å². The van der Waals surface area contributed by atoms with E-state index in [9.17, 15) is 40.7 Å². The second kappa shape index (κ2) is 17.6. The van der Waals surface area contributed by atoms with E-state index in [2.05, 4.69) is 0 Å².